The summed E-state index contributed by atoms with van der Waals surface area (Å²) in [5.41, 5.74) is 2.09. The lowest BCUT2D eigenvalue weighted by atomic mass is 10.1. The van der Waals surface area contributed by atoms with Crippen LogP contribution in [0.2, 0.25) is 0 Å². The van der Waals surface area contributed by atoms with E-state index in [0.29, 0.717) is 6.54 Å². The number of carbonyl (C=O) groups is 1. The Labute approximate surface area is 135 Å². The van der Waals surface area contributed by atoms with Crippen LogP contribution < -0.4 is 15.4 Å². The summed E-state index contributed by atoms with van der Waals surface area (Å²) in [5, 5.41) is 6.15. The number of unbranched alkanes of at least 4 members (excludes halogenated alkanes) is 1. The first-order valence-corrected chi connectivity index (χ1v) is 8.27. The van der Waals surface area contributed by atoms with Gasteiger partial charge in [-0.25, -0.2) is 0 Å². The summed E-state index contributed by atoms with van der Waals surface area (Å²) in [5.74, 6) is 0.727. The van der Waals surface area contributed by atoms with Gasteiger partial charge in [0.15, 0.2) is 6.61 Å². The molecule has 1 aromatic carbocycles. The maximum absolute atomic E-state index is 11.7. The van der Waals surface area contributed by atoms with Crippen molar-refractivity contribution >= 4 is 21.8 Å². The molecule has 0 radical (unpaired) electrons. The van der Waals surface area contributed by atoms with E-state index in [-0.39, 0.29) is 12.5 Å². The van der Waals surface area contributed by atoms with E-state index in [1.165, 1.54) is 0 Å². The Morgan fingerprint density at radius 2 is 2.10 bits per heavy atom. The maximum Gasteiger partial charge on any atom is 0.257 e. The molecule has 0 saturated carbocycles. The molecule has 0 atom stereocenters. The van der Waals surface area contributed by atoms with Crippen LogP contribution in [0.15, 0.2) is 16.6 Å². The molecule has 0 unspecified atom stereocenters. The van der Waals surface area contributed by atoms with E-state index in [1.54, 1.807) is 0 Å². The van der Waals surface area contributed by atoms with Crippen molar-refractivity contribution in [2.24, 2.45) is 0 Å². The van der Waals surface area contributed by atoms with Crippen molar-refractivity contribution in [3.8, 4) is 5.75 Å². The molecule has 0 fully saturated rings. The fourth-order valence-electron chi connectivity index (χ4n) is 1.99. The molecular formula is C16H25BrN2O2. The summed E-state index contributed by atoms with van der Waals surface area (Å²) in [6.07, 6.45) is 2.06. The molecule has 1 amide bonds. The van der Waals surface area contributed by atoms with Crippen molar-refractivity contribution in [3.05, 3.63) is 27.7 Å². The van der Waals surface area contributed by atoms with Crippen LogP contribution in [0.5, 0.6) is 5.75 Å². The van der Waals surface area contributed by atoms with Crippen LogP contribution in [0, 0.1) is 6.92 Å². The second-order valence-electron chi connectivity index (χ2n) is 4.98. The lowest BCUT2D eigenvalue weighted by molar-refractivity contribution is -0.123. The highest BCUT2D eigenvalue weighted by Crippen LogP contribution is 2.28. The average Bonchev–Trinajstić information content (AvgIpc) is 2.44. The molecule has 4 nitrogen and oxygen atoms in total. The first kappa shape index (κ1) is 18.0. The number of hydrogen-bond donors (Lipinski definition) is 2. The van der Waals surface area contributed by atoms with Crippen LogP contribution >= 0.6 is 15.9 Å². The van der Waals surface area contributed by atoms with E-state index in [0.717, 1.165) is 47.3 Å². The quantitative estimate of drug-likeness (QED) is 0.668. The van der Waals surface area contributed by atoms with Gasteiger partial charge < -0.3 is 15.4 Å². The zero-order valence-corrected chi connectivity index (χ0v) is 14.7. The first-order valence-electron chi connectivity index (χ1n) is 7.47. The monoisotopic (exact) mass is 356 g/mol. The van der Waals surface area contributed by atoms with Crippen LogP contribution in [0.3, 0.4) is 0 Å². The summed E-state index contributed by atoms with van der Waals surface area (Å²) in [4.78, 5) is 11.7. The molecule has 0 aliphatic heterocycles. The van der Waals surface area contributed by atoms with Crippen molar-refractivity contribution in [1.29, 1.82) is 0 Å². The number of hydrogen-bond acceptors (Lipinski definition) is 3. The normalized spacial score (nSPS) is 10.5. The van der Waals surface area contributed by atoms with Gasteiger partial charge in [0.05, 0.1) is 0 Å². The highest BCUT2D eigenvalue weighted by atomic mass is 79.9. The Kier molecular flexibility index (Phi) is 8.38. The minimum absolute atomic E-state index is 0.0608. The third-order valence-corrected chi connectivity index (χ3v) is 3.54. The minimum atomic E-state index is -0.0693. The number of aryl methyl sites for hydroxylation is 1. The van der Waals surface area contributed by atoms with E-state index in [9.17, 15) is 4.79 Å². The molecule has 0 aliphatic rings. The number of ether oxygens (including phenoxy) is 1. The average molecular weight is 357 g/mol. The Morgan fingerprint density at radius 1 is 1.33 bits per heavy atom. The highest BCUT2D eigenvalue weighted by Gasteiger charge is 2.11. The van der Waals surface area contributed by atoms with Gasteiger partial charge in [-0.2, -0.15) is 0 Å². The van der Waals surface area contributed by atoms with Crippen LogP contribution in [0.4, 0.5) is 0 Å². The summed E-state index contributed by atoms with van der Waals surface area (Å²) in [7, 11) is 0. The Bertz CT molecular complexity index is 464. The third-order valence-electron chi connectivity index (χ3n) is 3.08. The van der Waals surface area contributed by atoms with Crippen molar-refractivity contribution < 1.29 is 9.53 Å². The predicted octanol–water partition coefficient (Wildman–Crippen LogP) is 3.16. The summed E-state index contributed by atoms with van der Waals surface area (Å²) < 4.78 is 6.76. The largest absolute Gasteiger partial charge is 0.483 e. The molecule has 1 rings (SSSR count). The lowest BCUT2D eigenvalue weighted by Crippen LogP contribution is -2.30. The van der Waals surface area contributed by atoms with Gasteiger partial charge in [-0.15, -0.1) is 0 Å². The fourth-order valence-corrected chi connectivity index (χ4v) is 2.61. The Balaban J connectivity index is 2.66. The van der Waals surface area contributed by atoms with Gasteiger partial charge in [0.2, 0.25) is 0 Å². The van der Waals surface area contributed by atoms with Gasteiger partial charge in [-0.05, 0) is 37.6 Å². The molecule has 0 aromatic heterocycles. The fraction of sp³-hybridized carbons (Fsp3) is 0.562. The van der Waals surface area contributed by atoms with Gasteiger partial charge in [0, 0.05) is 23.1 Å². The van der Waals surface area contributed by atoms with Crippen LogP contribution in [-0.2, 0) is 11.3 Å². The van der Waals surface area contributed by atoms with Crippen molar-refractivity contribution in [3.63, 3.8) is 0 Å². The summed E-state index contributed by atoms with van der Waals surface area (Å²) in [6.45, 7) is 8.54. The lowest BCUT2D eigenvalue weighted by Gasteiger charge is -2.15. The number of benzene rings is 1. The van der Waals surface area contributed by atoms with Gasteiger partial charge >= 0.3 is 0 Å². The van der Waals surface area contributed by atoms with Gasteiger partial charge in [-0.1, -0.05) is 36.2 Å². The number of nitrogens with one attached hydrogen (secondary N) is 2. The van der Waals surface area contributed by atoms with Gasteiger partial charge in [0.1, 0.15) is 5.75 Å². The molecule has 0 heterocycles. The topological polar surface area (TPSA) is 50.4 Å². The van der Waals surface area contributed by atoms with Crippen LogP contribution in [-0.4, -0.2) is 25.6 Å². The number of halogens is 1. The second-order valence-corrected chi connectivity index (χ2v) is 5.90. The highest BCUT2D eigenvalue weighted by molar-refractivity contribution is 9.10. The smallest absolute Gasteiger partial charge is 0.257 e. The van der Waals surface area contributed by atoms with Crippen molar-refractivity contribution in [2.45, 2.75) is 40.2 Å². The Morgan fingerprint density at radius 3 is 2.76 bits per heavy atom. The molecule has 0 saturated heterocycles. The van der Waals surface area contributed by atoms with E-state index < -0.39 is 0 Å². The predicted molar refractivity (Wildman–Crippen MR) is 89.7 cm³/mol. The number of carbonyl (C=O) groups excluding carboxylic acids is 1. The molecule has 2 N–H and O–H groups in total. The molecular weight excluding hydrogens is 332 g/mol. The summed E-state index contributed by atoms with van der Waals surface area (Å²) >= 11 is 3.50. The Hall–Kier alpha value is -1.07. The van der Waals surface area contributed by atoms with E-state index in [2.05, 4.69) is 40.4 Å². The maximum atomic E-state index is 11.7. The molecule has 0 bridgehead atoms. The van der Waals surface area contributed by atoms with Crippen LogP contribution in [0.25, 0.3) is 0 Å². The SMILES string of the molecule is CCCCNC(=O)COc1c(C)cc(Br)cc1CNCC. The van der Waals surface area contributed by atoms with E-state index >= 15 is 0 Å². The zero-order chi connectivity index (χ0) is 15.7. The molecule has 0 aliphatic carbocycles. The first-order chi connectivity index (χ1) is 10.1. The van der Waals surface area contributed by atoms with Gasteiger partial charge in [0.25, 0.3) is 5.91 Å². The molecule has 118 valence electrons. The standard InChI is InChI=1S/C16H25BrN2O2/c1-4-6-7-19-15(20)11-21-16-12(3)8-14(17)9-13(16)10-18-5-2/h8-9,18H,4-7,10-11H2,1-3H3,(H,19,20). The molecule has 5 heteroatoms. The van der Waals surface area contributed by atoms with Crippen molar-refractivity contribution in [2.75, 3.05) is 19.7 Å². The molecule has 1 aromatic rings. The van der Waals surface area contributed by atoms with Crippen LogP contribution in [0.1, 0.15) is 37.8 Å². The molecule has 21 heavy (non-hydrogen) atoms. The summed E-state index contributed by atoms with van der Waals surface area (Å²) in [6, 6.07) is 4.03. The van der Waals surface area contributed by atoms with E-state index in [4.69, 9.17) is 4.74 Å². The number of rotatable bonds is 9. The van der Waals surface area contributed by atoms with Crippen molar-refractivity contribution in [1.82, 2.24) is 10.6 Å². The number of amides is 1. The van der Waals surface area contributed by atoms with E-state index in [1.807, 2.05) is 19.1 Å². The van der Waals surface area contributed by atoms with Gasteiger partial charge in [-0.3, -0.25) is 4.79 Å². The minimum Gasteiger partial charge on any atom is -0.483 e. The molecule has 0 spiro atoms. The third kappa shape index (κ3) is 6.48. The second kappa shape index (κ2) is 9.79. The zero-order valence-electron chi connectivity index (χ0n) is 13.1.